The second-order valence-electron chi connectivity index (χ2n) is 4.88. The van der Waals surface area contributed by atoms with Crippen LogP contribution in [0.15, 0.2) is 12.3 Å². The van der Waals surface area contributed by atoms with E-state index < -0.39 is 0 Å². The number of rotatable bonds is 4. The summed E-state index contributed by atoms with van der Waals surface area (Å²) in [6.07, 6.45) is 0. The third-order valence-electron chi connectivity index (χ3n) is 3.22. The lowest BCUT2D eigenvalue weighted by atomic mass is 9.97. The molecule has 0 aliphatic carbocycles. The predicted molar refractivity (Wildman–Crippen MR) is 62.2 cm³/mol. The molecule has 0 aromatic heterocycles. The molecule has 1 fully saturated rings. The minimum Gasteiger partial charge on any atom is -0.373 e. The first-order valence-corrected chi connectivity index (χ1v) is 5.65. The smallest absolute Gasteiger partial charge is 0.0230 e. The quantitative estimate of drug-likeness (QED) is 0.740. The van der Waals surface area contributed by atoms with Gasteiger partial charge in [-0.1, -0.05) is 13.5 Å². The topological polar surface area (TPSA) is 15.3 Å². The Bertz CT molecular complexity index is 198. The van der Waals surface area contributed by atoms with Crippen LogP contribution in [-0.4, -0.2) is 30.6 Å². The summed E-state index contributed by atoms with van der Waals surface area (Å²) < 4.78 is 0. The van der Waals surface area contributed by atoms with Gasteiger partial charge < -0.3 is 10.2 Å². The van der Waals surface area contributed by atoms with Gasteiger partial charge in [-0.3, -0.25) is 0 Å². The largest absolute Gasteiger partial charge is 0.373 e. The summed E-state index contributed by atoms with van der Waals surface area (Å²) in [5, 5.41) is 3.45. The van der Waals surface area contributed by atoms with Crippen molar-refractivity contribution in [1.82, 2.24) is 10.2 Å². The first kappa shape index (κ1) is 11.6. The molecule has 1 aliphatic rings. The Balaban J connectivity index is 2.50. The fraction of sp³-hybridized carbons (Fsp3) is 0.833. The van der Waals surface area contributed by atoms with Crippen molar-refractivity contribution in [3.63, 3.8) is 0 Å². The van der Waals surface area contributed by atoms with Crippen LogP contribution in [0.1, 0.15) is 27.7 Å². The number of hydrogen-bond donors (Lipinski definition) is 1. The first-order chi connectivity index (χ1) is 6.52. The van der Waals surface area contributed by atoms with Crippen LogP contribution in [0.5, 0.6) is 0 Å². The lowest BCUT2D eigenvalue weighted by Gasteiger charge is -2.32. The van der Waals surface area contributed by atoms with E-state index in [1.54, 1.807) is 0 Å². The molecule has 0 spiro atoms. The Morgan fingerprint density at radius 2 is 2.14 bits per heavy atom. The van der Waals surface area contributed by atoms with Crippen LogP contribution < -0.4 is 5.32 Å². The molecule has 0 aromatic carbocycles. The van der Waals surface area contributed by atoms with Crippen LogP contribution in [0.3, 0.4) is 0 Å². The van der Waals surface area contributed by atoms with Crippen molar-refractivity contribution in [2.24, 2.45) is 11.8 Å². The van der Waals surface area contributed by atoms with Crippen LogP contribution in [0, 0.1) is 11.8 Å². The average molecular weight is 196 g/mol. The van der Waals surface area contributed by atoms with E-state index in [2.05, 4.69) is 44.5 Å². The van der Waals surface area contributed by atoms with Crippen molar-refractivity contribution in [2.45, 2.75) is 33.7 Å². The van der Waals surface area contributed by atoms with Gasteiger partial charge in [-0.2, -0.15) is 0 Å². The summed E-state index contributed by atoms with van der Waals surface area (Å²) in [5.74, 6) is 1.59. The van der Waals surface area contributed by atoms with Crippen LogP contribution in [-0.2, 0) is 0 Å². The molecule has 0 bridgehead atoms. The van der Waals surface area contributed by atoms with Gasteiger partial charge in [-0.05, 0) is 45.7 Å². The fourth-order valence-corrected chi connectivity index (χ4v) is 2.17. The Labute approximate surface area is 88.4 Å². The van der Waals surface area contributed by atoms with Gasteiger partial charge in [0.05, 0.1) is 0 Å². The zero-order valence-corrected chi connectivity index (χ0v) is 10.0. The molecule has 1 saturated heterocycles. The molecule has 1 rings (SSSR count). The maximum absolute atomic E-state index is 4.05. The van der Waals surface area contributed by atoms with Crippen molar-refractivity contribution >= 4 is 0 Å². The van der Waals surface area contributed by atoms with Gasteiger partial charge >= 0.3 is 0 Å². The van der Waals surface area contributed by atoms with E-state index in [0.717, 1.165) is 24.9 Å². The maximum Gasteiger partial charge on any atom is 0.0230 e. The molecule has 14 heavy (non-hydrogen) atoms. The molecule has 0 radical (unpaired) electrons. The highest BCUT2D eigenvalue weighted by atomic mass is 15.2. The predicted octanol–water partition coefficient (Wildman–Crippen LogP) is 2.09. The summed E-state index contributed by atoms with van der Waals surface area (Å²) in [4.78, 5) is 2.41. The molecule has 2 heteroatoms. The third kappa shape index (κ3) is 2.74. The van der Waals surface area contributed by atoms with E-state index in [1.807, 2.05) is 0 Å². The van der Waals surface area contributed by atoms with Crippen LogP contribution >= 0.6 is 0 Å². The molecule has 1 aliphatic heterocycles. The van der Waals surface area contributed by atoms with E-state index in [0.29, 0.717) is 6.04 Å². The Morgan fingerprint density at radius 1 is 1.50 bits per heavy atom. The molecule has 0 aromatic rings. The molecule has 1 heterocycles. The van der Waals surface area contributed by atoms with Gasteiger partial charge in [0.25, 0.3) is 0 Å². The SMILES string of the molecule is C=C(C)N(C[C@H]1CNCC1C)C(C)C. The zero-order valence-electron chi connectivity index (χ0n) is 10.0. The summed E-state index contributed by atoms with van der Waals surface area (Å²) in [6, 6.07) is 0.570. The van der Waals surface area contributed by atoms with Gasteiger partial charge in [0.2, 0.25) is 0 Å². The standard InChI is InChI=1S/C12H24N2/c1-9(2)14(10(3)4)8-12-7-13-6-11(12)5/h10-13H,1,6-8H2,2-5H3/t11?,12-/m1/s1. The zero-order chi connectivity index (χ0) is 10.7. The van der Waals surface area contributed by atoms with E-state index >= 15 is 0 Å². The second kappa shape index (κ2) is 4.83. The minimum atomic E-state index is 0.570. The molecule has 1 N–H and O–H groups in total. The second-order valence-corrected chi connectivity index (χ2v) is 4.88. The molecule has 0 saturated carbocycles. The van der Waals surface area contributed by atoms with Crippen molar-refractivity contribution < 1.29 is 0 Å². The molecule has 0 amide bonds. The van der Waals surface area contributed by atoms with E-state index in [-0.39, 0.29) is 0 Å². The summed E-state index contributed by atoms with van der Waals surface area (Å²) in [7, 11) is 0. The van der Waals surface area contributed by atoms with E-state index in [9.17, 15) is 0 Å². The Morgan fingerprint density at radius 3 is 2.50 bits per heavy atom. The number of hydrogen-bond acceptors (Lipinski definition) is 2. The number of allylic oxidation sites excluding steroid dienone is 1. The van der Waals surface area contributed by atoms with E-state index in [1.165, 1.54) is 12.2 Å². The Hall–Kier alpha value is -0.500. The van der Waals surface area contributed by atoms with Crippen LogP contribution in [0.2, 0.25) is 0 Å². The minimum absolute atomic E-state index is 0.570. The van der Waals surface area contributed by atoms with Gasteiger partial charge in [0.15, 0.2) is 0 Å². The molecular formula is C12H24N2. The van der Waals surface area contributed by atoms with Crippen molar-refractivity contribution in [3.8, 4) is 0 Å². The highest BCUT2D eigenvalue weighted by Crippen LogP contribution is 2.20. The highest BCUT2D eigenvalue weighted by Gasteiger charge is 2.25. The van der Waals surface area contributed by atoms with Crippen LogP contribution in [0.4, 0.5) is 0 Å². The first-order valence-electron chi connectivity index (χ1n) is 5.65. The molecule has 82 valence electrons. The monoisotopic (exact) mass is 196 g/mol. The number of nitrogens with zero attached hydrogens (tertiary/aromatic N) is 1. The molecule has 2 atom stereocenters. The van der Waals surface area contributed by atoms with E-state index in [4.69, 9.17) is 0 Å². The Kier molecular flexibility index (Phi) is 3.99. The molecular weight excluding hydrogens is 172 g/mol. The summed E-state index contributed by atoms with van der Waals surface area (Å²) in [5.41, 5.74) is 1.19. The van der Waals surface area contributed by atoms with Gasteiger partial charge in [0, 0.05) is 18.3 Å². The van der Waals surface area contributed by atoms with Gasteiger partial charge in [-0.25, -0.2) is 0 Å². The van der Waals surface area contributed by atoms with Crippen molar-refractivity contribution in [3.05, 3.63) is 12.3 Å². The third-order valence-corrected chi connectivity index (χ3v) is 3.22. The highest BCUT2D eigenvalue weighted by molar-refractivity contribution is 4.93. The molecule has 1 unspecified atom stereocenters. The molecule has 2 nitrogen and oxygen atoms in total. The summed E-state index contributed by atoms with van der Waals surface area (Å²) in [6.45, 7) is 16.5. The summed E-state index contributed by atoms with van der Waals surface area (Å²) >= 11 is 0. The normalized spacial score (nSPS) is 26.9. The number of nitrogens with one attached hydrogen (secondary N) is 1. The van der Waals surface area contributed by atoms with Crippen molar-refractivity contribution in [2.75, 3.05) is 19.6 Å². The van der Waals surface area contributed by atoms with Crippen molar-refractivity contribution in [1.29, 1.82) is 0 Å². The lowest BCUT2D eigenvalue weighted by molar-refractivity contribution is 0.227. The fourth-order valence-electron chi connectivity index (χ4n) is 2.17. The lowest BCUT2D eigenvalue weighted by Crippen LogP contribution is -2.35. The van der Waals surface area contributed by atoms with Gasteiger partial charge in [-0.15, -0.1) is 0 Å². The maximum atomic E-state index is 4.05. The van der Waals surface area contributed by atoms with Crippen LogP contribution in [0.25, 0.3) is 0 Å². The average Bonchev–Trinajstić information content (AvgIpc) is 2.46. The van der Waals surface area contributed by atoms with Gasteiger partial charge in [0.1, 0.15) is 0 Å².